The standard InChI is InChI=1S/C14H19NO4/c1-10-3-4-12(15-5-7-19-8-6-15)11(9-10)13(16)14(17)18-2/h3-4,9,13,16H,5-8H2,1-2H3. The second-order valence-corrected chi connectivity index (χ2v) is 4.59. The smallest absolute Gasteiger partial charge is 0.339 e. The number of ether oxygens (including phenoxy) is 2. The minimum atomic E-state index is -1.25. The first kappa shape index (κ1) is 13.8. The molecule has 0 spiro atoms. The van der Waals surface area contributed by atoms with E-state index in [1.54, 1.807) is 0 Å². The highest BCUT2D eigenvalue weighted by Crippen LogP contribution is 2.29. The fourth-order valence-electron chi connectivity index (χ4n) is 2.22. The molecule has 1 unspecified atom stereocenters. The Labute approximate surface area is 112 Å². The van der Waals surface area contributed by atoms with E-state index in [0.29, 0.717) is 18.8 Å². The minimum Gasteiger partial charge on any atom is -0.467 e. The molecule has 104 valence electrons. The Hall–Kier alpha value is -1.59. The normalized spacial score (nSPS) is 17.1. The SMILES string of the molecule is COC(=O)C(O)c1cc(C)ccc1N1CCOCC1. The van der Waals surface area contributed by atoms with Gasteiger partial charge in [-0.25, -0.2) is 4.79 Å². The van der Waals surface area contributed by atoms with E-state index in [1.807, 2.05) is 25.1 Å². The highest BCUT2D eigenvalue weighted by molar-refractivity contribution is 5.79. The van der Waals surface area contributed by atoms with Crippen LogP contribution >= 0.6 is 0 Å². The fraction of sp³-hybridized carbons (Fsp3) is 0.500. The fourth-order valence-corrected chi connectivity index (χ4v) is 2.22. The van der Waals surface area contributed by atoms with E-state index in [1.165, 1.54) is 7.11 Å². The maximum absolute atomic E-state index is 11.5. The molecule has 0 bridgehead atoms. The molecule has 1 N–H and O–H groups in total. The summed E-state index contributed by atoms with van der Waals surface area (Å²) >= 11 is 0. The van der Waals surface area contributed by atoms with E-state index in [2.05, 4.69) is 9.64 Å². The number of esters is 1. The number of carbonyl (C=O) groups is 1. The molecule has 0 saturated carbocycles. The van der Waals surface area contributed by atoms with Gasteiger partial charge in [0, 0.05) is 24.3 Å². The molecule has 19 heavy (non-hydrogen) atoms. The molecule has 1 fully saturated rings. The Morgan fingerprint density at radius 3 is 2.74 bits per heavy atom. The highest BCUT2D eigenvalue weighted by atomic mass is 16.5. The lowest BCUT2D eigenvalue weighted by molar-refractivity contribution is -0.150. The summed E-state index contributed by atoms with van der Waals surface area (Å²) in [6.45, 7) is 4.74. The lowest BCUT2D eigenvalue weighted by Gasteiger charge is -2.31. The van der Waals surface area contributed by atoms with Crippen LogP contribution in [0.5, 0.6) is 0 Å². The number of hydrogen-bond acceptors (Lipinski definition) is 5. The van der Waals surface area contributed by atoms with Crippen LogP contribution in [-0.2, 0) is 14.3 Å². The molecule has 1 atom stereocenters. The van der Waals surface area contributed by atoms with Crippen LogP contribution in [0.4, 0.5) is 5.69 Å². The second-order valence-electron chi connectivity index (χ2n) is 4.59. The average Bonchev–Trinajstić information content (AvgIpc) is 2.46. The van der Waals surface area contributed by atoms with E-state index in [-0.39, 0.29) is 0 Å². The molecule has 1 heterocycles. The number of anilines is 1. The van der Waals surface area contributed by atoms with Crippen LogP contribution in [0.25, 0.3) is 0 Å². The van der Waals surface area contributed by atoms with E-state index in [9.17, 15) is 9.90 Å². The lowest BCUT2D eigenvalue weighted by Crippen LogP contribution is -2.37. The van der Waals surface area contributed by atoms with Gasteiger partial charge in [0.05, 0.1) is 20.3 Å². The Morgan fingerprint density at radius 1 is 1.42 bits per heavy atom. The largest absolute Gasteiger partial charge is 0.467 e. The third kappa shape index (κ3) is 3.05. The van der Waals surface area contributed by atoms with Gasteiger partial charge in [-0.05, 0) is 13.0 Å². The molecule has 1 aromatic carbocycles. The number of aliphatic hydroxyl groups is 1. The number of methoxy groups -OCH3 is 1. The van der Waals surface area contributed by atoms with Gasteiger partial charge in [-0.15, -0.1) is 0 Å². The molecular formula is C14H19NO4. The minimum absolute atomic E-state index is 0.591. The van der Waals surface area contributed by atoms with Crippen molar-refractivity contribution in [1.82, 2.24) is 0 Å². The molecule has 0 radical (unpaired) electrons. The Balaban J connectivity index is 2.34. The number of rotatable bonds is 3. The molecular weight excluding hydrogens is 246 g/mol. The van der Waals surface area contributed by atoms with Crippen molar-refractivity contribution in [2.45, 2.75) is 13.0 Å². The number of benzene rings is 1. The lowest BCUT2D eigenvalue weighted by atomic mass is 10.0. The van der Waals surface area contributed by atoms with Crippen LogP contribution in [0.2, 0.25) is 0 Å². The highest BCUT2D eigenvalue weighted by Gasteiger charge is 2.24. The first-order valence-electron chi connectivity index (χ1n) is 6.32. The van der Waals surface area contributed by atoms with Crippen molar-refractivity contribution < 1.29 is 19.4 Å². The van der Waals surface area contributed by atoms with Gasteiger partial charge in [-0.3, -0.25) is 0 Å². The zero-order valence-electron chi connectivity index (χ0n) is 11.3. The molecule has 5 heteroatoms. The summed E-state index contributed by atoms with van der Waals surface area (Å²) in [6, 6.07) is 5.73. The van der Waals surface area contributed by atoms with Gasteiger partial charge in [0.1, 0.15) is 0 Å². The number of nitrogens with zero attached hydrogens (tertiary/aromatic N) is 1. The van der Waals surface area contributed by atoms with Gasteiger partial charge in [0.2, 0.25) is 0 Å². The van der Waals surface area contributed by atoms with Crippen LogP contribution in [-0.4, -0.2) is 44.5 Å². The third-order valence-corrected chi connectivity index (χ3v) is 3.25. The summed E-state index contributed by atoms with van der Waals surface area (Å²) in [7, 11) is 1.27. The number of aliphatic hydroxyl groups excluding tert-OH is 1. The van der Waals surface area contributed by atoms with Crippen LogP contribution in [0.3, 0.4) is 0 Å². The third-order valence-electron chi connectivity index (χ3n) is 3.25. The van der Waals surface area contributed by atoms with E-state index in [4.69, 9.17) is 4.74 Å². The van der Waals surface area contributed by atoms with Crippen molar-refractivity contribution in [3.05, 3.63) is 29.3 Å². The van der Waals surface area contributed by atoms with Gasteiger partial charge in [0.15, 0.2) is 6.10 Å². The van der Waals surface area contributed by atoms with Crippen LogP contribution in [0.15, 0.2) is 18.2 Å². The summed E-state index contributed by atoms with van der Waals surface area (Å²) in [5.41, 5.74) is 2.45. The van der Waals surface area contributed by atoms with Crippen molar-refractivity contribution >= 4 is 11.7 Å². The van der Waals surface area contributed by atoms with Gasteiger partial charge < -0.3 is 19.5 Å². The number of aryl methyl sites for hydroxylation is 1. The van der Waals surface area contributed by atoms with Crippen molar-refractivity contribution in [3.8, 4) is 0 Å². The molecule has 0 amide bonds. The number of hydrogen-bond donors (Lipinski definition) is 1. The van der Waals surface area contributed by atoms with Crippen molar-refractivity contribution in [2.24, 2.45) is 0 Å². The maximum Gasteiger partial charge on any atom is 0.339 e. The molecule has 1 saturated heterocycles. The molecule has 1 aliphatic heterocycles. The van der Waals surface area contributed by atoms with Gasteiger partial charge in [-0.1, -0.05) is 17.7 Å². The summed E-state index contributed by atoms with van der Waals surface area (Å²) in [5.74, 6) is -0.639. The predicted molar refractivity (Wildman–Crippen MR) is 71.2 cm³/mol. The second kappa shape index (κ2) is 6.04. The quantitative estimate of drug-likeness (QED) is 0.827. The summed E-state index contributed by atoms with van der Waals surface area (Å²) in [6.07, 6.45) is -1.25. The zero-order valence-corrected chi connectivity index (χ0v) is 11.3. The van der Waals surface area contributed by atoms with Crippen molar-refractivity contribution in [1.29, 1.82) is 0 Å². The molecule has 0 aromatic heterocycles. The molecule has 1 aromatic rings. The average molecular weight is 265 g/mol. The van der Waals surface area contributed by atoms with Crippen LogP contribution in [0.1, 0.15) is 17.2 Å². The first-order chi connectivity index (χ1) is 9.13. The maximum atomic E-state index is 11.5. The molecule has 2 rings (SSSR count). The van der Waals surface area contributed by atoms with E-state index >= 15 is 0 Å². The predicted octanol–water partition coefficient (Wildman–Crippen LogP) is 1.04. The Kier molecular flexibility index (Phi) is 4.39. The van der Waals surface area contributed by atoms with Gasteiger partial charge in [-0.2, -0.15) is 0 Å². The Morgan fingerprint density at radius 2 is 2.11 bits per heavy atom. The van der Waals surface area contributed by atoms with Crippen molar-refractivity contribution in [3.63, 3.8) is 0 Å². The Bertz CT molecular complexity index is 455. The van der Waals surface area contributed by atoms with E-state index < -0.39 is 12.1 Å². The monoisotopic (exact) mass is 265 g/mol. The molecule has 1 aliphatic rings. The van der Waals surface area contributed by atoms with Gasteiger partial charge >= 0.3 is 5.97 Å². The first-order valence-corrected chi connectivity index (χ1v) is 6.32. The summed E-state index contributed by atoms with van der Waals surface area (Å²) in [4.78, 5) is 13.7. The topological polar surface area (TPSA) is 59.0 Å². The number of carbonyl (C=O) groups excluding carboxylic acids is 1. The summed E-state index contributed by atoms with van der Waals surface area (Å²) < 4.78 is 9.93. The molecule has 5 nitrogen and oxygen atoms in total. The number of morpholine rings is 1. The van der Waals surface area contributed by atoms with Crippen molar-refractivity contribution in [2.75, 3.05) is 38.3 Å². The van der Waals surface area contributed by atoms with Crippen LogP contribution < -0.4 is 4.90 Å². The summed E-state index contributed by atoms with van der Waals surface area (Å²) in [5, 5.41) is 10.1. The zero-order chi connectivity index (χ0) is 13.8. The van der Waals surface area contributed by atoms with Crippen LogP contribution in [0, 0.1) is 6.92 Å². The van der Waals surface area contributed by atoms with E-state index in [0.717, 1.165) is 24.3 Å². The van der Waals surface area contributed by atoms with Gasteiger partial charge in [0.25, 0.3) is 0 Å². The molecule has 0 aliphatic carbocycles.